The Morgan fingerprint density at radius 1 is 1.12 bits per heavy atom. The number of hydrogen-bond acceptors (Lipinski definition) is 3. The Morgan fingerprint density at radius 3 is 2.67 bits per heavy atom. The van der Waals surface area contributed by atoms with Gasteiger partial charge in [0.15, 0.2) is 0 Å². The van der Waals surface area contributed by atoms with Gasteiger partial charge in [0.05, 0.1) is 13.2 Å². The first-order valence-electron chi connectivity index (χ1n) is 8.23. The number of aromatic amines is 1. The van der Waals surface area contributed by atoms with Crippen LogP contribution in [0.15, 0.2) is 54.6 Å². The summed E-state index contributed by atoms with van der Waals surface area (Å²) in [5, 5.41) is 4.66. The molecular formula is C20H20N2O2. The van der Waals surface area contributed by atoms with E-state index in [1.54, 1.807) is 0 Å². The molecule has 2 heterocycles. The van der Waals surface area contributed by atoms with Gasteiger partial charge in [-0.25, -0.2) is 0 Å². The van der Waals surface area contributed by atoms with Crippen molar-refractivity contribution in [3.8, 4) is 0 Å². The maximum atomic E-state index is 12.1. The highest BCUT2D eigenvalue weighted by molar-refractivity contribution is 5.87. The Bertz CT molecular complexity index is 870. The SMILES string of the molecule is COC(=O)[C@H]1Cc2c([nH]c3ccccc23)[C@H](Cc2ccccc2)N1. The van der Waals surface area contributed by atoms with Crippen LogP contribution < -0.4 is 5.32 Å². The summed E-state index contributed by atoms with van der Waals surface area (Å²) in [4.78, 5) is 15.7. The summed E-state index contributed by atoms with van der Waals surface area (Å²) in [6, 6.07) is 18.4. The molecule has 0 spiro atoms. The first-order valence-corrected chi connectivity index (χ1v) is 8.23. The lowest BCUT2D eigenvalue weighted by atomic mass is 9.91. The second-order valence-corrected chi connectivity index (χ2v) is 6.25. The van der Waals surface area contributed by atoms with E-state index in [2.05, 4.69) is 34.6 Å². The summed E-state index contributed by atoms with van der Waals surface area (Å²) >= 11 is 0. The number of nitrogens with one attached hydrogen (secondary N) is 2. The smallest absolute Gasteiger partial charge is 0.323 e. The lowest BCUT2D eigenvalue weighted by Crippen LogP contribution is -2.45. The van der Waals surface area contributed by atoms with Gasteiger partial charge in [-0.3, -0.25) is 10.1 Å². The molecule has 0 unspecified atom stereocenters. The fourth-order valence-electron chi connectivity index (χ4n) is 3.63. The van der Waals surface area contributed by atoms with Crippen LogP contribution in [0.5, 0.6) is 0 Å². The van der Waals surface area contributed by atoms with Crippen LogP contribution in [-0.2, 0) is 22.4 Å². The summed E-state index contributed by atoms with van der Waals surface area (Å²) in [5.74, 6) is -0.205. The average Bonchev–Trinajstić information content (AvgIpc) is 3.01. The van der Waals surface area contributed by atoms with Gasteiger partial charge in [-0.2, -0.15) is 0 Å². The van der Waals surface area contributed by atoms with Crippen LogP contribution in [0.3, 0.4) is 0 Å². The highest BCUT2D eigenvalue weighted by Crippen LogP contribution is 2.33. The van der Waals surface area contributed by atoms with Gasteiger partial charge in [0, 0.05) is 23.0 Å². The number of fused-ring (bicyclic) bond motifs is 3. The number of aromatic nitrogens is 1. The number of esters is 1. The molecule has 122 valence electrons. The fraction of sp³-hybridized carbons (Fsp3) is 0.250. The molecule has 1 aromatic heterocycles. The Hall–Kier alpha value is -2.59. The van der Waals surface area contributed by atoms with Crippen LogP contribution in [-0.4, -0.2) is 24.1 Å². The number of benzene rings is 2. The zero-order chi connectivity index (χ0) is 16.5. The predicted molar refractivity (Wildman–Crippen MR) is 93.8 cm³/mol. The lowest BCUT2D eigenvalue weighted by molar-refractivity contribution is -0.143. The summed E-state index contributed by atoms with van der Waals surface area (Å²) in [7, 11) is 1.45. The summed E-state index contributed by atoms with van der Waals surface area (Å²) in [6.45, 7) is 0. The largest absolute Gasteiger partial charge is 0.468 e. The third-order valence-corrected chi connectivity index (χ3v) is 4.77. The highest BCUT2D eigenvalue weighted by Gasteiger charge is 2.33. The number of carbonyl (C=O) groups is 1. The molecule has 2 aromatic carbocycles. The van der Waals surface area contributed by atoms with E-state index < -0.39 is 0 Å². The van der Waals surface area contributed by atoms with Gasteiger partial charge < -0.3 is 9.72 Å². The molecule has 2 atom stereocenters. The normalized spacial score (nSPS) is 19.9. The van der Waals surface area contributed by atoms with Crippen molar-refractivity contribution < 1.29 is 9.53 Å². The molecule has 0 saturated heterocycles. The van der Waals surface area contributed by atoms with Crippen molar-refractivity contribution in [2.24, 2.45) is 0 Å². The molecule has 0 bridgehead atoms. The van der Waals surface area contributed by atoms with Crippen molar-refractivity contribution >= 4 is 16.9 Å². The number of carbonyl (C=O) groups excluding carboxylic acids is 1. The van der Waals surface area contributed by atoms with Gasteiger partial charge in [-0.05, 0) is 23.6 Å². The van der Waals surface area contributed by atoms with E-state index in [0.717, 1.165) is 11.9 Å². The van der Waals surface area contributed by atoms with Gasteiger partial charge in [0.2, 0.25) is 0 Å². The van der Waals surface area contributed by atoms with Crippen molar-refractivity contribution in [3.63, 3.8) is 0 Å². The quantitative estimate of drug-likeness (QED) is 0.729. The van der Waals surface area contributed by atoms with Crippen LogP contribution in [0, 0.1) is 0 Å². The van der Waals surface area contributed by atoms with Crippen molar-refractivity contribution in [1.29, 1.82) is 0 Å². The molecule has 4 rings (SSSR count). The highest BCUT2D eigenvalue weighted by atomic mass is 16.5. The van der Waals surface area contributed by atoms with E-state index in [-0.39, 0.29) is 18.1 Å². The molecule has 1 aliphatic rings. The van der Waals surface area contributed by atoms with Crippen LogP contribution in [0.4, 0.5) is 0 Å². The van der Waals surface area contributed by atoms with Crippen LogP contribution in [0.2, 0.25) is 0 Å². The van der Waals surface area contributed by atoms with Gasteiger partial charge >= 0.3 is 5.97 Å². The van der Waals surface area contributed by atoms with Crippen LogP contribution in [0.25, 0.3) is 10.9 Å². The first-order chi connectivity index (χ1) is 11.8. The zero-order valence-electron chi connectivity index (χ0n) is 13.6. The minimum Gasteiger partial charge on any atom is -0.468 e. The molecule has 4 heteroatoms. The number of methoxy groups -OCH3 is 1. The van der Waals surface area contributed by atoms with Gasteiger partial charge in [0.25, 0.3) is 0 Å². The second-order valence-electron chi connectivity index (χ2n) is 6.25. The topological polar surface area (TPSA) is 54.1 Å². The first kappa shape index (κ1) is 15.0. The van der Waals surface area contributed by atoms with E-state index >= 15 is 0 Å². The Morgan fingerprint density at radius 2 is 1.88 bits per heavy atom. The van der Waals surface area contributed by atoms with Gasteiger partial charge in [-0.1, -0.05) is 48.5 Å². The molecular weight excluding hydrogens is 300 g/mol. The van der Waals surface area contributed by atoms with E-state index in [1.165, 1.54) is 29.3 Å². The monoisotopic (exact) mass is 320 g/mol. The number of para-hydroxylation sites is 1. The van der Waals surface area contributed by atoms with Crippen LogP contribution in [0.1, 0.15) is 22.9 Å². The third-order valence-electron chi connectivity index (χ3n) is 4.77. The molecule has 0 radical (unpaired) electrons. The molecule has 3 aromatic rings. The Labute approximate surface area is 140 Å². The molecule has 0 aliphatic carbocycles. The van der Waals surface area contributed by atoms with Crippen molar-refractivity contribution in [2.45, 2.75) is 24.9 Å². The number of hydrogen-bond donors (Lipinski definition) is 2. The number of H-pyrrole nitrogens is 1. The van der Waals surface area contributed by atoms with Gasteiger partial charge in [0.1, 0.15) is 6.04 Å². The van der Waals surface area contributed by atoms with E-state index in [4.69, 9.17) is 4.74 Å². The maximum Gasteiger partial charge on any atom is 0.323 e. The fourth-order valence-corrected chi connectivity index (χ4v) is 3.63. The zero-order valence-corrected chi connectivity index (χ0v) is 13.6. The summed E-state index contributed by atoms with van der Waals surface area (Å²) in [6.07, 6.45) is 1.48. The van der Waals surface area contributed by atoms with E-state index in [9.17, 15) is 4.79 Å². The molecule has 0 fully saturated rings. The molecule has 1 aliphatic heterocycles. The molecule has 24 heavy (non-hydrogen) atoms. The maximum absolute atomic E-state index is 12.1. The standard InChI is InChI=1S/C20H20N2O2/c1-24-20(23)18-12-15-14-9-5-6-10-16(14)22-19(15)17(21-18)11-13-7-3-2-4-8-13/h2-10,17-18,21-22H,11-12H2,1H3/t17-,18+/m0/s1. The molecule has 0 amide bonds. The van der Waals surface area contributed by atoms with E-state index in [0.29, 0.717) is 6.42 Å². The van der Waals surface area contributed by atoms with Crippen molar-refractivity contribution in [3.05, 3.63) is 71.4 Å². The number of rotatable bonds is 3. The van der Waals surface area contributed by atoms with Gasteiger partial charge in [-0.15, -0.1) is 0 Å². The predicted octanol–water partition coefficient (Wildman–Crippen LogP) is 3.14. The number of ether oxygens (including phenoxy) is 1. The lowest BCUT2D eigenvalue weighted by Gasteiger charge is -2.30. The summed E-state index contributed by atoms with van der Waals surface area (Å²) < 4.78 is 4.98. The van der Waals surface area contributed by atoms with Crippen molar-refractivity contribution in [1.82, 2.24) is 10.3 Å². The van der Waals surface area contributed by atoms with Crippen molar-refractivity contribution in [2.75, 3.05) is 7.11 Å². The van der Waals surface area contributed by atoms with E-state index in [1.807, 2.05) is 30.3 Å². The molecule has 2 N–H and O–H groups in total. The minimum absolute atomic E-state index is 0.0626. The average molecular weight is 320 g/mol. The third kappa shape index (κ3) is 2.59. The van der Waals surface area contributed by atoms with Crippen LogP contribution >= 0.6 is 0 Å². The Balaban J connectivity index is 1.76. The molecule has 0 saturated carbocycles. The Kier molecular flexibility index (Phi) is 3.82. The second kappa shape index (κ2) is 6.13. The molecule has 4 nitrogen and oxygen atoms in total. The minimum atomic E-state index is -0.310. The summed E-state index contributed by atoms with van der Waals surface area (Å²) in [5.41, 5.74) is 4.76.